The van der Waals surface area contributed by atoms with Gasteiger partial charge in [-0.15, -0.1) is 10.2 Å². The summed E-state index contributed by atoms with van der Waals surface area (Å²) in [5.41, 5.74) is 3.21. The van der Waals surface area contributed by atoms with E-state index in [0.717, 1.165) is 12.4 Å². The van der Waals surface area contributed by atoms with Gasteiger partial charge in [-0.2, -0.15) is 0 Å². The van der Waals surface area contributed by atoms with E-state index >= 15 is 0 Å². The van der Waals surface area contributed by atoms with Crippen LogP contribution in [0.4, 0.5) is 0 Å². The van der Waals surface area contributed by atoms with E-state index in [1.165, 1.54) is 0 Å². The Morgan fingerprint density at radius 1 is 1.64 bits per heavy atom. The second-order valence-corrected chi connectivity index (χ2v) is 3.19. The Morgan fingerprint density at radius 2 is 2.45 bits per heavy atom. The third-order valence-electron chi connectivity index (χ3n) is 2.42. The molecule has 0 spiro atoms. The zero-order valence-corrected chi connectivity index (χ0v) is 6.78. The van der Waals surface area contributed by atoms with Gasteiger partial charge < -0.3 is 5.43 Å². The molecule has 0 aliphatic carbocycles. The summed E-state index contributed by atoms with van der Waals surface area (Å²) >= 11 is 0. The minimum atomic E-state index is 0.513. The first-order valence-corrected chi connectivity index (χ1v) is 3.93. The normalized spacial score (nSPS) is 29.3. The van der Waals surface area contributed by atoms with E-state index in [9.17, 15) is 0 Å². The largest absolute Gasteiger partial charge is 0.323 e. The molecule has 0 amide bonds. The maximum atomic E-state index is 4.04. The minimum Gasteiger partial charge on any atom is -0.323 e. The van der Waals surface area contributed by atoms with Crippen LogP contribution in [-0.4, -0.2) is 21.4 Å². The van der Waals surface area contributed by atoms with E-state index in [1.807, 2.05) is 4.68 Å². The van der Waals surface area contributed by atoms with Crippen LogP contribution in [0, 0.1) is 5.92 Å². The lowest BCUT2D eigenvalue weighted by atomic mass is 9.94. The van der Waals surface area contributed by atoms with Crippen molar-refractivity contribution < 1.29 is 0 Å². The van der Waals surface area contributed by atoms with Gasteiger partial charge in [-0.05, 0) is 5.92 Å². The zero-order valence-electron chi connectivity index (χ0n) is 6.78. The predicted molar refractivity (Wildman–Crippen MR) is 41.8 cm³/mol. The molecule has 1 aliphatic rings. The highest BCUT2D eigenvalue weighted by Gasteiger charge is 2.23. The van der Waals surface area contributed by atoms with Gasteiger partial charge in [0.2, 0.25) is 0 Å². The summed E-state index contributed by atoms with van der Waals surface area (Å²) in [5.74, 6) is 2.20. The third-order valence-corrected chi connectivity index (χ3v) is 2.42. The van der Waals surface area contributed by atoms with Crippen LogP contribution in [0.3, 0.4) is 0 Å². The van der Waals surface area contributed by atoms with Crippen LogP contribution in [-0.2, 0) is 0 Å². The first kappa shape index (κ1) is 6.64. The lowest BCUT2D eigenvalue weighted by molar-refractivity contribution is 0.426. The smallest absolute Gasteiger partial charge is 0.154 e. The van der Waals surface area contributed by atoms with Crippen molar-refractivity contribution in [2.45, 2.75) is 19.8 Å². The average Bonchev–Trinajstić information content (AvgIpc) is 2.45. The van der Waals surface area contributed by atoms with Crippen molar-refractivity contribution in [3.8, 4) is 0 Å². The molecule has 2 unspecified atom stereocenters. The van der Waals surface area contributed by atoms with Crippen LogP contribution >= 0.6 is 0 Å². The second kappa shape index (κ2) is 2.22. The highest BCUT2D eigenvalue weighted by Crippen LogP contribution is 2.24. The fourth-order valence-corrected chi connectivity index (χ4v) is 1.35. The van der Waals surface area contributed by atoms with Gasteiger partial charge in [0.05, 0.1) is 0 Å². The number of fused-ring (bicyclic) bond motifs is 1. The van der Waals surface area contributed by atoms with Crippen molar-refractivity contribution in [1.29, 1.82) is 0 Å². The van der Waals surface area contributed by atoms with E-state index in [2.05, 4.69) is 29.5 Å². The fraction of sp³-hybridized carbons (Fsp3) is 0.714. The van der Waals surface area contributed by atoms with Gasteiger partial charge in [0.15, 0.2) is 5.82 Å². The lowest BCUT2D eigenvalue weighted by Crippen LogP contribution is -2.32. The van der Waals surface area contributed by atoms with E-state index in [1.54, 1.807) is 6.33 Å². The Kier molecular flexibility index (Phi) is 1.34. The molecule has 1 N–H and O–H groups in total. The summed E-state index contributed by atoms with van der Waals surface area (Å²) in [5, 5.41) is 7.88. The summed E-state index contributed by atoms with van der Waals surface area (Å²) in [7, 11) is 0. The Bertz CT molecular complexity index is 255. The van der Waals surface area contributed by atoms with Gasteiger partial charge >= 0.3 is 0 Å². The van der Waals surface area contributed by atoms with Gasteiger partial charge in [0.25, 0.3) is 0 Å². The molecule has 0 aromatic carbocycles. The summed E-state index contributed by atoms with van der Waals surface area (Å²) in [6.45, 7) is 5.41. The molecule has 1 aromatic heterocycles. The Balaban J connectivity index is 2.38. The number of rotatable bonds is 0. The topological polar surface area (TPSA) is 42.7 Å². The number of hydrogen-bond acceptors (Lipinski definition) is 3. The Labute approximate surface area is 65.6 Å². The number of aromatic nitrogens is 3. The van der Waals surface area contributed by atoms with Crippen LogP contribution in [0.1, 0.15) is 25.6 Å². The highest BCUT2D eigenvalue weighted by atomic mass is 15.5. The molecule has 0 saturated heterocycles. The van der Waals surface area contributed by atoms with Crippen molar-refractivity contribution >= 4 is 0 Å². The molecule has 0 saturated carbocycles. The Hall–Kier alpha value is -1.06. The van der Waals surface area contributed by atoms with Crippen molar-refractivity contribution in [2.75, 3.05) is 12.0 Å². The maximum absolute atomic E-state index is 4.04. The van der Waals surface area contributed by atoms with E-state index in [4.69, 9.17) is 0 Å². The predicted octanol–water partition coefficient (Wildman–Crippen LogP) is 0.575. The van der Waals surface area contributed by atoms with Crippen LogP contribution in [0.25, 0.3) is 0 Å². The van der Waals surface area contributed by atoms with Gasteiger partial charge in [0.1, 0.15) is 6.33 Å². The summed E-state index contributed by atoms with van der Waals surface area (Å²) in [6, 6.07) is 0. The average molecular weight is 152 g/mol. The van der Waals surface area contributed by atoms with Gasteiger partial charge in [-0.1, -0.05) is 13.8 Å². The molecule has 4 nitrogen and oxygen atoms in total. The molecule has 1 aliphatic heterocycles. The maximum Gasteiger partial charge on any atom is 0.154 e. The summed E-state index contributed by atoms with van der Waals surface area (Å²) < 4.78 is 1.91. The molecule has 60 valence electrons. The van der Waals surface area contributed by atoms with Crippen molar-refractivity contribution in [2.24, 2.45) is 5.92 Å². The van der Waals surface area contributed by atoms with Gasteiger partial charge in [-0.25, -0.2) is 4.68 Å². The second-order valence-electron chi connectivity index (χ2n) is 3.19. The van der Waals surface area contributed by atoms with E-state index in [0.29, 0.717) is 11.8 Å². The van der Waals surface area contributed by atoms with Crippen molar-refractivity contribution in [3.05, 3.63) is 12.2 Å². The molecule has 2 atom stereocenters. The standard InChI is InChI=1S/C7H12N4/c1-5-3-9-11-4-8-10-7(11)6(5)2/h4-6,9H,3H2,1-2H3. The number of nitrogens with one attached hydrogen (secondary N) is 1. The monoisotopic (exact) mass is 152 g/mol. The third kappa shape index (κ3) is 0.895. The molecule has 2 heterocycles. The molecule has 11 heavy (non-hydrogen) atoms. The SMILES string of the molecule is CC1CNn2cnnc2C1C. The summed E-state index contributed by atoms with van der Waals surface area (Å²) in [6.07, 6.45) is 1.72. The first-order chi connectivity index (χ1) is 5.29. The highest BCUT2D eigenvalue weighted by molar-refractivity contribution is 5.04. The van der Waals surface area contributed by atoms with Crippen molar-refractivity contribution in [3.63, 3.8) is 0 Å². The quantitative estimate of drug-likeness (QED) is 0.591. The minimum absolute atomic E-state index is 0.513. The molecule has 0 bridgehead atoms. The molecular weight excluding hydrogens is 140 g/mol. The van der Waals surface area contributed by atoms with Crippen LogP contribution in [0.5, 0.6) is 0 Å². The number of hydrogen-bond donors (Lipinski definition) is 1. The van der Waals surface area contributed by atoms with E-state index in [-0.39, 0.29) is 0 Å². The Morgan fingerprint density at radius 3 is 3.27 bits per heavy atom. The van der Waals surface area contributed by atoms with E-state index < -0.39 is 0 Å². The van der Waals surface area contributed by atoms with Crippen LogP contribution in [0.15, 0.2) is 6.33 Å². The first-order valence-electron chi connectivity index (χ1n) is 3.93. The molecule has 4 heteroatoms. The molecule has 0 radical (unpaired) electrons. The molecule has 2 rings (SSSR count). The van der Waals surface area contributed by atoms with Crippen LogP contribution < -0.4 is 5.43 Å². The lowest BCUT2D eigenvalue weighted by Gasteiger charge is -2.26. The summed E-state index contributed by atoms with van der Waals surface area (Å²) in [4.78, 5) is 0. The molecule has 1 aromatic rings. The fourth-order valence-electron chi connectivity index (χ4n) is 1.35. The van der Waals surface area contributed by atoms with Gasteiger partial charge in [-0.3, -0.25) is 0 Å². The van der Waals surface area contributed by atoms with Crippen LogP contribution in [0.2, 0.25) is 0 Å². The molecular formula is C7H12N4. The van der Waals surface area contributed by atoms with Gasteiger partial charge in [0, 0.05) is 12.5 Å². The zero-order chi connectivity index (χ0) is 7.84. The van der Waals surface area contributed by atoms with Crippen molar-refractivity contribution in [1.82, 2.24) is 14.9 Å². The molecule has 0 fully saturated rings. The number of nitrogens with zero attached hydrogens (tertiary/aromatic N) is 3.